The largest absolute Gasteiger partial charge is 0.478 e. The number of benzene rings is 1. The van der Waals surface area contributed by atoms with Crippen LogP contribution in [0.25, 0.3) is 10.8 Å². The summed E-state index contributed by atoms with van der Waals surface area (Å²) in [5.41, 5.74) is 5.30. The van der Waals surface area contributed by atoms with Crippen molar-refractivity contribution in [3.8, 4) is 0 Å². The quantitative estimate of drug-likeness (QED) is 0.784. The van der Waals surface area contributed by atoms with Crippen LogP contribution in [0.4, 0.5) is 0 Å². The third-order valence-electron chi connectivity index (χ3n) is 2.26. The molecule has 16 heavy (non-hydrogen) atoms. The number of aromatic nitrogens is 1. The van der Waals surface area contributed by atoms with E-state index in [2.05, 4.69) is 4.98 Å². The third kappa shape index (κ3) is 1.48. The molecule has 2 rings (SSSR count). The van der Waals surface area contributed by atoms with Crippen molar-refractivity contribution < 1.29 is 14.7 Å². The van der Waals surface area contributed by atoms with Crippen molar-refractivity contribution in [2.75, 3.05) is 0 Å². The zero-order valence-electron chi connectivity index (χ0n) is 8.18. The first-order chi connectivity index (χ1) is 7.61. The molecule has 0 radical (unpaired) electrons. The van der Waals surface area contributed by atoms with Crippen LogP contribution in [0, 0.1) is 0 Å². The lowest BCUT2D eigenvalue weighted by atomic mass is 10.0. The molecule has 5 nitrogen and oxygen atoms in total. The minimum atomic E-state index is -1.08. The van der Waals surface area contributed by atoms with E-state index in [4.69, 9.17) is 10.8 Å². The molecule has 0 unspecified atom stereocenters. The molecule has 0 fully saturated rings. The molecule has 0 aliphatic rings. The smallest absolute Gasteiger partial charge is 0.337 e. The zero-order valence-corrected chi connectivity index (χ0v) is 8.18. The van der Waals surface area contributed by atoms with Gasteiger partial charge in [0.2, 0.25) is 0 Å². The Morgan fingerprint density at radius 2 is 1.81 bits per heavy atom. The number of pyridine rings is 1. The molecular formula is C11H8N2O3. The number of amides is 1. The number of hydrogen-bond acceptors (Lipinski definition) is 3. The average molecular weight is 216 g/mol. The molecule has 0 spiro atoms. The minimum Gasteiger partial charge on any atom is -0.478 e. The first-order valence-electron chi connectivity index (χ1n) is 4.52. The van der Waals surface area contributed by atoms with Gasteiger partial charge in [0.15, 0.2) is 0 Å². The van der Waals surface area contributed by atoms with Crippen LogP contribution in [0.5, 0.6) is 0 Å². The Balaban J connectivity index is 2.87. The summed E-state index contributed by atoms with van der Waals surface area (Å²) in [6.45, 7) is 0. The first kappa shape index (κ1) is 10.1. The van der Waals surface area contributed by atoms with Gasteiger partial charge in [-0.05, 0) is 0 Å². The van der Waals surface area contributed by atoms with Crippen molar-refractivity contribution in [1.82, 2.24) is 4.98 Å². The normalized spacial score (nSPS) is 10.2. The van der Waals surface area contributed by atoms with Crippen LogP contribution in [-0.4, -0.2) is 22.0 Å². The van der Waals surface area contributed by atoms with Crippen LogP contribution < -0.4 is 5.73 Å². The van der Waals surface area contributed by atoms with Gasteiger partial charge in [-0.15, -0.1) is 0 Å². The van der Waals surface area contributed by atoms with Crippen LogP contribution in [0.1, 0.15) is 20.8 Å². The fourth-order valence-corrected chi connectivity index (χ4v) is 1.56. The highest BCUT2D eigenvalue weighted by molar-refractivity contribution is 6.10. The fraction of sp³-hybridized carbons (Fsp3) is 0. The molecule has 1 aromatic heterocycles. The molecule has 80 valence electrons. The van der Waals surface area contributed by atoms with E-state index in [0.717, 1.165) is 6.20 Å². The van der Waals surface area contributed by atoms with Crippen molar-refractivity contribution in [3.05, 3.63) is 41.7 Å². The molecule has 1 heterocycles. The fourth-order valence-electron chi connectivity index (χ4n) is 1.56. The SMILES string of the molecule is NC(=O)c1ncc(C(=O)O)c2ccccc12. The maximum atomic E-state index is 11.1. The van der Waals surface area contributed by atoms with Gasteiger partial charge in [0, 0.05) is 17.0 Å². The lowest BCUT2D eigenvalue weighted by Crippen LogP contribution is -2.14. The number of nitrogens with two attached hydrogens (primary N) is 1. The summed E-state index contributed by atoms with van der Waals surface area (Å²) in [6, 6.07) is 6.63. The number of carboxylic acids is 1. The van der Waals surface area contributed by atoms with Gasteiger partial charge in [0.25, 0.3) is 5.91 Å². The molecule has 5 heteroatoms. The number of primary amides is 1. The van der Waals surface area contributed by atoms with Gasteiger partial charge in [-0.2, -0.15) is 0 Å². The summed E-state index contributed by atoms with van der Waals surface area (Å²) < 4.78 is 0. The number of fused-ring (bicyclic) bond motifs is 1. The van der Waals surface area contributed by atoms with Crippen molar-refractivity contribution in [2.45, 2.75) is 0 Å². The van der Waals surface area contributed by atoms with E-state index >= 15 is 0 Å². The number of aromatic carboxylic acids is 1. The Labute approximate surface area is 90.5 Å². The molecular weight excluding hydrogens is 208 g/mol. The molecule has 0 bridgehead atoms. The predicted octanol–water partition coefficient (Wildman–Crippen LogP) is 1.03. The van der Waals surface area contributed by atoms with Crippen molar-refractivity contribution in [1.29, 1.82) is 0 Å². The molecule has 1 aromatic carbocycles. The van der Waals surface area contributed by atoms with Crippen molar-refractivity contribution >= 4 is 22.6 Å². The van der Waals surface area contributed by atoms with Gasteiger partial charge in [-0.1, -0.05) is 24.3 Å². The van der Waals surface area contributed by atoms with E-state index in [-0.39, 0.29) is 11.3 Å². The maximum absolute atomic E-state index is 11.1. The van der Waals surface area contributed by atoms with Gasteiger partial charge in [0.1, 0.15) is 5.69 Å². The number of nitrogens with zero attached hydrogens (tertiary/aromatic N) is 1. The van der Waals surface area contributed by atoms with E-state index in [9.17, 15) is 9.59 Å². The van der Waals surface area contributed by atoms with Crippen LogP contribution in [0.3, 0.4) is 0 Å². The van der Waals surface area contributed by atoms with Crippen molar-refractivity contribution in [3.63, 3.8) is 0 Å². The Hall–Kier alpha value is -2.43. The second kappa shape index (κ2) is 3.62. The van der Waals surface area contributed by atoms with Gasteiger partial charge >= 0.3 is 5.97 Å². The summed E-state index contributed by atoms with van der Waals surface area (Å²) in [5, 5.41) is 9.87. The topological polar surface area (TPSA) is 93.3 Å². The lowest BCUT2D eigenvalue weighted by molar-refractivity contribution is 0.0698. The van der Waals surface area contributed by atoms with E-state index in [1.807, 2.05) is 0 Å². The Kier molecular flexibility index (Phi) is 2.28. The van der Waals surface area contributed by atoms with E-state index < -0.39 is 11.9 Å². The maximum Gasteiger partial charge on any atom is 0.337 e. The van der Waals surface area contributed by atoms with Crippen molar-refractivity contribution in [2.24, 2.45) is 5.73 Å². The minimum absolute atomic E-state index is 0.0561. The lowest BCUT2D eigenvalue weighted by Gasteiger charge is -2.04. The van der Waals surface area contributed by atoms with E-state index in [0.29, 0.717) is 10.8 Å². The summed E-state index contributed by atoms with van der Waals surface area (Å²) in [7, 11) is 0. The Morgan fingerprint density at radius 3 is 2.38 bits per heavy atom. The Bertz CT molecular complexity index is 540. The van der Waals surface area contributed by atoms with Gasteiger partial charge < -0.3 is 10.8 Å². The molecule has 2 aromatic rings. The molecule has 0 atom stereocenters. The zero-order chi connectivity index (χ0) is 11.7. The molecule has 0 saturated heterocycles. The predicted molar refractivity (Wildman–Crippen MR) is 57.2 cm³/mol. The van der Waals surface area contributed by atoms with E-state index in [1.165, 1.54) is 0 Å². The molecule has 0 aliphatic carbocycles. The average Bonchev–Trinajstić information content (AvgIpc) is 2.27. The van der Waals surface area contributed by atoms with Crippen LogP contribution in [-0.2, 0) is 0 Å². The van der Waals surface area contributed by atoms with Gasteiger partial charge in [0.05, 0.1) is 5.56 Å². The highest BCUT2D eigenvalue weighted by Gasteiger charge is 2.14. The summed E-state index contributed by atoms with van der Waals surface area (Å²) in [4.78, 5) is 25.8. The van der Waals surface area contributed by atoms with E-state index in [1.54, 1.807) is 24.3 Å². The standard InChI is InChI=1S/C11H8N2O3/c12-10(14)9-7-4-2-1-3-6(7)8(5-13-9)11(15)16/h1-5H,(H2,12,14)(H,15,16). The molecule has 0 saturated carbocycles. The Morgan fingerprint density at radius 1 is 1.19 bits per heavy atom. The highest BCUT2D eigenvalue weighted by Crippen LogP contribution is 2.20. The van der Waals surface area contributed by atoms with Crippen LogP contribution >= 0.6 is 0 Å². The summed E-state index contributed by atoms with van der Waals surface area (Å²) in [6.07, 6.45) is 1.14. The third-order valence-corrected chi connectivity index (χ3v) is 2.26. The molecule has 1 amide bonds. The van der Waals surface area contributed by atoms with Crippen LogP contribution in [0.15, 0.2) is 30.5 Å². The second-order valence-corrected chi connectivity index (χ2v) is 3.24. The first-order valence-corrected chi connectivity index (χ1v) is 4.52. The number of carbonyl (C=O) groups is 2. The summed E-state index contributed by atoms with van der Waals surface area (Å²) >= 11 is 0. The van der Waals surface area contributed by atoms with Gasteiger partial charge in [-0.25, -0.2) is 9.78 Å². The van der Waals surface area contributed by atoms with Gasteiger partial charge in [-0.3, -0.25) is 4.79 Å². The highest BCUT2D eigenvalue weighted by atomic mass is 16.4. The van der Waals surface area contributed by atoms with Crippen LogP contribution in [0.2, 0.25) is 0 Å². The monoisotopic (exact) mass is 216 g/mol. The second-order valence-electron chi connectivity index (χ2n) is 3.24. The number of rotatable bonds is 2. The molecule has 3 N–H and O–H groups in total. The summed E-state index contributed by atoms with van der Waals surface area (Å²) in [5.74, 6) is -1.76. The number of carbonyl (C=O) groups excluding carboxylic acids is 1. The number of carboxylic acid groups (broad SMARTS) is 1. The molecule has 0 aliphatic heterocycles. The number of hydrogen-bond donors (Lipinski definition) is 2.